The van der Waals surface area contributed by atoms with Crippen LogP contribution >= 0.6 is 0 Å². The van der Waals surface area contributed by atoms with Crippen LogP contribution in [0.15, 0.2) is 52.9 Å². The minimum absolute atomic E-state index is 0.0220. The molecular formula is C24H28N2O2. The zero-order valence-electron chi connectivity index (χ0n) is 16.6. The van der Waals surface area contributed by atoms with Gasteiger partial charge < -0.3 is 9.32 Å². The van der Waals surface area contributed by atoms with Crippen molar-refractivity contribution in [3.05, 3.63) is 54.4 Å². The van der Waals surface area contributed by atoms with E-state index in [0.717, 1.165) is 48.9 Å². The van der Waals surface area contributed by atoms with Crippen molar-refractivity contribution in [2.24, 2.45) is 0 Å². The normalized spacial score (nSPS) is 16.8. The molecule has 0 spiro atoms. The molecule has 2 heterocycles. The van der Waals surface area contributed by atoms with Crippen molar-refractivity contribution in [1.82, 2.24) is 9.88 Å². The van der Waals surface area contributed by atoms with Gasteiger partial charge in [0.1, 0.15) is 11.6 Å². The van der Waals surface area contributed by atoms with Gasteiger partial charge in [0.05, 0.1) is 0 Å². The Kier molecular flexibility index (Phi) is 5.75. The zero-order valence-corrected chi connectivity index (χ0v) is 16.6. The van der Waals surface area contributed by atoms with Gasteiger partial charge >= 0.3 is 0 Å². The summed E-state index contributed by atoms with van der Waals surface area (Å²) < 4.78 is 6.06. The molecule has 4 heteroatoms. The third kappa shape index (κ3) is 3.96. The van der Waals surface area contributed by atoms with Gasteiger partial charge in [-0.1, -0.05) is 62.6 Å². The fraction of sp³-hybridized carbons (Fsp3) is 0.417. The molecule has 1 aliphatic rings. The summed E-state index contributed by atoms with van der Waals surface area (Å²) in [7, 11) is 0. The molecule has 0 N–H and O–H groups in total. The molecule has 0 radical (unpaired) electrons. The van der Waals surface area contributed by atoms with Gasteiger partial charge in [0.15, 0.2) is 5.58 Å². The Morgan fingerprint density at radius 2 is 1.96 bits per heavy atom. The second kappa shape index (κ2) is 8.59. The van der Waals surface area contributed by atoms with Crippen molar-refractivity contribution in [3.8, 4) is 11.1 Å². The number of fused-ring (bicyclic) bond motifs is 1. The van der Waals surface area contributed by atoms with Gasteiger partial charge in [-0.3, -0.25) is 4.79 Å². The summed E-state index contributed by atoms with van der Waals surface area (Å²) in [5.41, 5.74) is 3.94. The van der Waals surface area contributed by atoms with Gasteiger partial charge in [-0.05, 0) is 42.5 Å². The van der Waals surface area contributed by atoms with Crippen LogP contribution in [0.4, 0.5) is 0 Å². The third-order valence-electron chi connectivity index (χ3n) is 5.61. The number of benzene rings is 2. The van der Waals surface area contributed by atoms with Crippen molar-refractivity contribution >= 4 is 17.0 Å². The van der Waals surface area contributed by atoms with Crippen LogP contribution in [0, 0.1) is 0 Å². The molecule has 0 unspecified atom stereocenters. The molecule has 1 aromatic heterocycles. The predicted molar refractivity (Wildman–Crippen MR) is 112 cm³/mol. The fourth-order valence-electron chi connectivity index (χ4n) is 4.07. The average molecular weight is 377 g/mol. The lowest BCUT2D eigenvalue weighted by Crippen LogP contribution is -2.30. The Bertz CT molecular complexity index is 932. The highest BCUT2D eigenvalue weighted by Gasteiger charge is 2.33. The number of aromatic nitrogens is 1. The van der Waals surface area contributed by atoms with Crippen LogP contribution in [0.2, 0.25) is 0 Å². The molecular weight excluding hydrogens is 348 g/mol. The molecule has 0 saturated carbocycles. The number of hydrogen-bond acceptors (Lipinski definition) is 3. The molecule has 3 aromatic rings. The molecule has 1 fully saturated rings. The van der Waals surface area contributed by atoms with Crippen molar-refractivity contribution in [3.63, 3.8) is 0 Å². The van der Waals surface area contributed by atoms with E-state index in [2.05, 4.69) is 31.2 Å². The number of amides is 1. The average Bonchev–Trinajstić information content (AvgIpc) is 3.37. The zero-order chi connectivity index (χ0) is 19.3. The third-order valence-corrected chi connectivity index (χ3v) is 5.61. The number of unbranched alkanes of at least 4 members (excludes halogenated alkanes) is 3. The molecule has 1 amide bonds. The summed E-state index contributed by atoms with van der Waals surface area (Å²) in [6.07, 6.45) is 7.07. The summed E-state index contributed by atoms with van der Waals surface area (Å²) in [6.45, 7) is 3.00. The Hall–Kier alpha value is -2.62. The maximum atomic E-state index is 12.7. The molecule has 1 atom stereocenters. The second-order valence-corrected chi connectivity index (χ2v) is 7.66. The molecule has 1 aliphatic heterocycles. The maximum Gasteiger partial charge on any atom is 0.223 e. The summed E-state index contributed by atoms with van der Waals surface area (Å²) in [5, 5.41) is 0. The first-order valence-corrected chi connectivity index (χ1v) is 10.5. The minimum Gasteiger partial charge on any atom is -0.438 e. The molecule has 0 bridgehead atoms. The lowest BCUT2D eigenvalue weighted by molar-refractivity contribution is -0.132. The molecule has 4 rings (SSSR count). The highest BCUT2D eigenvalue weighted by atomic mass is 16.3. The van der Waals surface area contributed by atoms with Crippen LogP contribution in [0.25, 0.3) is 22.2 Å². The number of carbonyl (C=O) groups excluding carboxylic acids is 1. The lowest BCUT2D eigenvalue weighted by atomic mass is 10.1. The van der Waals surface area contributed by atoms with E-state index >= 15 is 0 Å². The van der Waals surface area contributed by atoms with Crippen molar-refractivity contribution in [1.29, 1.82) is 0 Å². The van der Waals surface area contributed by atoms with Crippen LogP contribution in [-0.4, -0.2) is 22.3 Å². The Labute approximate surface area is 166 Å². The van der Waals surface area contributed by atoms with Crippen molar-refractivity contribution in [2.75, 3.05) is 6.54 Å². The molecule has 146 valence electrons. The van der Waals surface area contributed by atoms with E-state index < -0.39 is 0 Å². The molecule has 1 saturated heterocycles. The van der Waals surface area contributed by atoms with Gasteiger partial charge in [0, 0.05) is 13.0 Å². The van der Waals surface area contributed by atoms with Gasteiger partial charge in [-0.2, -0.15) is 0 Å². The van der Waals surface area contributed by atoms with Crippen molar-refractivity contribution in [2.45, 2.75) is 57.9 Å². The summed E-state index contributed by atoms with van der Waals surface area (Å²) >= 11 is 0. The first kappa shape index (κ1) is 18.7. The number of oxazole rings is 1. The number of hydrogen-bond donors (Lipinski definition) is 0. The van der Waals surface area contributed by atoms with E-state index in [4.69, 9.17) is 9.40 Å². The predicted octanol–water partition coefficient (Wildman–Crippen LogP) is 6.13. The van der Waals surface area contributed by atoms with E-state index in [-0.39, 0.29) is 11.9 Å². The van der Waals surface area contributed by atoms with Crippen LogP contribution in [0.1, 0.15) is 63.8 Å². The second-order valence-electron chi connectivity index (χ2n) is 7.66. The Balaban J connectivity index is 1.52. The molecule has 4 nitrogen and oxygen atoms in total. The van der Waals surface area contributed by atoms with E-state index in [1.807, 2.05) is 29.2 Å². The maximum absolute atomic E-state index is 12.7. The summed E-state index contributed by atoms with van der Waals surface area (Å²) in [5.74, 6) is 0.922. The van der Waals surface area contributed by atoms with Gasteiger partial charge in [0.25, 0.3) is 0 Å². The highest BCUT2D eigenvalue weighted by molar-refractivity contribution is 5.81. The van der Waals surface area contributed by atoms with Gasteiger partial charge in [0.2, 0.25) is 11.8 Å². The first-order chi connectivity index (χ1) is 13.8. The van der Waals surface area contributed by atoms with Gasteiger partial charge in [-0.15, -0.1) is 0 Å². The highest BCUT2D eigenvalue weighted by Crippen LogP contribution is 2.34. The SMILES string of the molecule is CCCCCCC(=O)N1CCC[C@@H]1c1nc2cc(-c3ccccc3)ccc2o1. The van der Waals surface area contributed by atoms with Crippen LogP contribution < -0.4 is 0 Å². The van der Waals surface area contributed by atoms with Crippen LogP contribution in [0.3, 0.4) is 0 Å². The molecule has 0 aliphatic carbocycles. The van der Waals surface area contributed by atoms with Crippen molar-refractivity contribution < 1.29 is 9.21 Å². The van der Waals surface area contributed by atoms with Gasteiger partial charge in [-0.25, -0.2) is 4.98 Å². The molecule has 28 heavy (non-hydrogen) atoms. The standard InChI is InChI=1S/C24H28N2O2/c1-2-3-4-8-13-23(27)26-16-9-12-21(26)24-25-20-17-19(14-15-22(20)28-24)18-10-6-5-7-11-18/h5-7,10-11,14-15,17,21H,2-4,8-9,12-13,16H2,1H3/t21-/m1/s1. The van der Waals surface area contributed by atoms with E-state index in [1.165, 1.54) is 18.4 Å². The van der Waals surface area contributed by atoms with E-state index in [0.29, 0.717) is 12.3 Å². The van der Waals surface area contributed by atoms with E-state index in [9.17, 15) is 4.79 Å². The monoisotopic (exact) mass is 376 g/mol. The summed E-state index contributed by atoms with van der Waals surface area (Å²) in [6, 6.07) is 16.4. The molecule has 2 aromatic carbocycles. The smallest absolute Gasteiger partial charge is 0.223 e. The van der Waals surface area contributed by atoms with E-state index in [1.54, 1.807) is 0 Å². The fourth-order valence-corrected chi connectivity index (χ4v) is 4.07. The Morgan fingerprint density at radius 1 is 1.11 bits per heavy atom. The lowest BCUT2D eigenvalue weighted by Gasteiger charge is -2.22. The summed E-state index contributed by atoms with van der Waals surface area (Å²) in [4.78, 5) is 19.4. The quantitative estimate of drug-likeness (QED) is 0.466. The minimum atomic E-state index is -0.0220. The topological polar surface area (TPSA) is 46.3 Å². The number of likely N-dealkylation sites (tertiary alicyclic amines) is 1. The van der Waals surface area contributed by atoms with Crippen LogP contribution in [0.5, 0.6) is 0 Å². The number of nitrogens with zero attached hydrogens (tertiary/aromatic N) is 2. The Morgan fingerprint density at radius 3 is 2.79 bits per heavy atom. The van der Waals surface area contributed by atoms with Crippen LogP contribution in [-0.2, 0) is 4.79 Å². The number of rotatable bonds is 7. The number of carbonyl (C=O) groups is 1. The first-order valence-electron chi connectivity index (χ1n) is 10.5. The largest absolute Gasteiger partial charge is 0.438 e.